The monoisotopic (exact) mass is 520 g/mol. The topological polar surface area (TPSA) is 25.8 Å². The summed E-state index contributed by atoms with van der Waals surface area (Å²) in [5.74, 6) is 0. The molecule has 0 spiro atoms. The molecule has 0 bridgehead atoms. The van der Waals surface area contributed by atoms with Crippen molar-refractivity contribution in [1.82, 2.24) is 9.97 Å². The molecule has 7 rings (SSSR count). The van der Waals surface area contributed by atoms with Crippen LogP contribution in [0.2, 0.25) is 0 Å². The Kier molecular flexibility index (Phi) is 7.89. The van der Waals surface area contributed by atoms with Crippen molar-refractivity contribution in [2.24, 2.45) is 0 Å². The van der Waals surface area contributed by atoms with Crippen LogP contribution in [0.4, 0.5) is 0 Å². The van der Waals surface area contributed by atoms with Crippen molar-refractivity contribution < 1.29 is 0 Å². The number of nitrogens with zero attached hydrogens (tertiary/aromatic N) is 2. The number of hydrogen-bond acceptors (Lipinski definition) is 2. The second kappa shape index (κ2) is 11.7. The van der Waals surface area contributed by atoms with Crippen molar-refractivity contribution in [2.75, 3.05) is 0 Å². The van der Waals surface area contributed by atoms with Gasteiger partial charge in [0.2, 0.25) is 0 Å². The number of aromatic nitrogens is 2. The standard InChI is InChI=1S/C16H14.2C11H11N/c1-11-3-7-15-13(9-11)5-6-14-10-12(2)4-8-16(14)15;2*1-8-3-6-11-10(7-8)5-4-9(2)12-11/h3-10H,1-2H3;2*3-7H,1-2H3. The van der Waals surface area contributed by atoms with E-state index in [2.05, 4.69) is 135 Å². The Morgan fingerprint density at radius 3 is 1.05 bits per heavy atom. The maximum absolute atomic E-state index is 4.42. The molecule has 2 aromatic heterocycles. The lowest BCUT2D eigenvalue weighted by atomic mass is 9.99. The Morgan fingerprint density at radius 1 is 0.325 bits per heavy atom. The van der Waals surface area contributed by atoms with Crippen molar-refractivity contribution in [2.45, 2.75) is 41.5 Å². The highest BCUT2D eigenvalue weighted by atomic mass is 14.7. The number of hydrogen-bond donors (Lipinski definition) is 0. The van der Waals surface area contributed by atoms with Gasteiger partial charge in [-0.2, -0.15) is 0 Å². The minimum atomic E-state index is 1.08. The van der Waals surface area contributed by atoms with Crippen molar-refractivity contribution in [3.63, 3.8) is 0 Å². The van der Waals surface area contributed by atoms with Gasteiger partial charge in [-0.25, -0.2) is 0 Å². The van der Waals surface area contributed by atoms with Crippen molar-refractivity contribution in [3.8, 4) is 0 Å². The molecule has 0 atom stereocenters. The fraction of sp³-hybridized carbons (Fsp3) is 0.158. The Bertz CT molecular complexity index is 1740. The van der Waals surface area contributed by atoms with E-state index >= 15 is 0 Å². The van der Waals surface area contributed by atoms with Crippen LogP contribution in [0, 0.1) is 41.5 Å². The van der Waals surface area contributed by atoms with Gasteiger partial charge in [-0.3, -0.25) is 9.97 Å². The first-order valence-corrected chi connectivity index (χ1v) is 13.8. The summed E-state index contributed by atoms with van der Waals surface area (Å²) in [6.45, 7) is 12.5. The number of benzene rings is 5. The van der Waals surface area contributed by atoms with E-state index in [1.165, 1.54) is 54.6 Å². The normalized spacial score (nSPS) is 10.8. The van der Waals surface area contributed by atoms with Crippen LogP contribution in [-0.4, -0.2) is 9.97 Å². The maximum atomic E-state index is 4.42. The third kappa shape index (κ3) is 6.35. The molecule has 5 aromatic carbocycles. The summed E-state index contributed by atoms with van der Waals surface area (Å²) in [4.78, 5) is 8.83. The van der Waals surface area contributed by atoms with Crippen LogP contribution in [0.5, 0.6) is 0 Å². The van der Waals surface area contributed by atoms with E-state index in [-0.39, 0.29) is 0 Å². The molecule has 0 unspecified atom stereocenters. The second-order valence-corrected chi connectivity index (χ2v) is 10.8. The summed E-state index contributed by atoms with van der Waals surface area (Å²) in [6.07, 6.45) is 0. The Hall–Kier alpha value is -4.56. The van der Waals surface area contributed by atoms with Gasteiger partial charge >= 0.3 is 0 Å². The molecule has 198 valence electrons. The Labute approximate surface area is 237 Å². The van der Waals surface area contributed by atoms with Gasteiger partial charge in [-0.15, -0.1) is 0 Å². The van der Waals surface area contributed by atoms with Gasteiger partial charge in [0, 0.05) is 22.2 Å². The first-order chi connectivity index (χ1) is 19.2. The number of fused-ring (bicyclic) bond motifs is 5. The van der Waals surface area contributed by atoms with Crippen LogP contribution in [0.15, 0.2) is 109 Å². The van der Waals surface area contributed by atoms with E-state index in [4.69, 9.17) is 0 Å². The van der Waals surface area contributed by atoms with Gasteiger partial charge in [-0.1, -0.05) is 95.1 Å². The molecule has 0 N–H and O–H groups in total. The summed E-state index contributed by atoms with van der Waals surface area (Å²) >= 11 is 0. The third-order valence-electron chi connectivity index (χ3n) is 7.11. The summed E-state index contributed by atoms with van der Waals surface area (Å²) < 4.78 is 0. The van der Waals surface area contributed by atoms with Crippen LogP contribution >= 0.6 is 0 Å². The molecular weight excluding hydrogens is 484 g/mol. The highest BCUT2D eigenvalue weighted by Gasteiger charge is 2.00. The lowest BCUT2D eigenvalue weighted by molar-refractivity contribution is 1.25. The molecule has 0 saturated heterocycles. The van der Waals surface area contributed by atoms with E-state index in [0.29, 0.717) is 0 Å². The average molecular weight is 521 g/mol. The summed E-state index contributed by atoms with van der Waals surface area (Å²) in [5, 5.41) is 7.81. The van der Waals surface area contributed by atoms with E-state index in [9.17, 15) is 0 Å². The number of aryl methyl sites for hydroxylation is 6. The molecule has 0 radical (unpaired) electrons. The molecule has 0 saturated carbocycles. The first-order valence-electron chi connectivity index (χ1n) is 13.8. The van der Waals surface area contributed by atoms with Crippen LogP contribution in [0.25, 0.3) is 43.4 Å². The van der Waals surface area contributed by atoms with Crippen LogP contribution < -0.4 is 0 Å². The molecule has 0 amide bonds. The molecule has 7 aromatic rings. The van der Waals surface area contributed by atoms with E-state index < -0.39 is 0 Å². The van der Waals surface area contributed by atoms with Gasteiger partial charge in [0.15, 0.2) is 0 Å². The fourth-order valence-electron chi connectivity index (χ4n) is 5.00. The Morgan fingerprint density at radius 2 is 0.650 bits per heavy atom. The lowest BCUT2D eigenvalue weighted by Gasteiger charge is -2.05. The summed E-state index contributed by atoms with van der Waals surface area (Å²) in [6, 6.07) is 38.7. The highest BCUT2D eigenvalue weighted by molar-refractivity contribution is 6.07. The van der Waals surface area contributed by atoms with E-state index in [1.807, 2.05) is 26.0 Å². The summed E-state index contributed by atoms with van der Waals surface area (Å²) in [5.41, 5.74) is 9.53. The van der Waals surface area contributed by atoms with E-state index in [0.717, 1.165) is 22.4 Å². The molecule has 0 aliphatic carbocycles. The van der Waals surface area contributed by atoms with Gasteiger partial charge in [-0.05, 0) is 99.5 Å². The smallest absolute Gasteiger partial charge is 0.0705 e. The molecular formula is C38H36N2. The molecule has 0 aliphatic rings. The first kappa shape index (κ1) is 27.0. The highest BCUT2D eigenvalue weighted by Crippen LogP contribution is 2.26. The minimum absolute atomic E-state index is 1.08. The molecule has 40 heavy (non-hydrogen) atoms. The molecule has 0 aliphatic heterocycles. The number of pyridine rings is 2. The van der Waals surface area contributed by atoms with E-state index in [1.54, 1.807) is 0 Å². The van der Waals surface area contributed by atoms with Crippen molar-refractivity contribution >= 4 is 43.4 Å². The fourth-order valence-corrected chi connectivity index (χ4v) is 5.00. The predicted octanol–water partition coefficient (Wildman–Crippen LogP) is 10.3. The lowest BCUT2D eigenvalue weighted by Crippen LogP contribution is -1.82. The zero-order chi connectivity index (χ0) is 28.2. The van der Waals surface area contributed by atoms with Gasteiger partial charge < -0.3 is 0 Å². The third-order valence-corrected chi connectivity index (χ3v) is 7.11. The van der Waals surface area contributed by atoms with Crippen LogP contribution in [0.3, 0.4) is 0 Å². The van der Waals surface area contributed by atoms with Gasteiger partial charge in [0.25, 0.3) is 0 Å². The van der Waals surface area contributed by atoms with Crippen molar-refractivity contribution in [1.29, 1.82) is 0 Å². The molecule has 2 nitrogen and oxygen atoms in total. The molecule has 0 fully saturated rings. The van der Waals surface area contributed by atoms with Crippen LogP contribution in [0.1, 0.15) is 33.6 Å². The predicted molar refractivity (Wildman–Crippen MR) is 173 cm³/mol. The Balaban J connectivity index is 0.000000123. The quantitative estimate of drug-likeness (QED) is 0.186. The largest absolute Gasteiger partial charge is 0.253 e. The summed E-state index contributed by atoms with van der Waals surface area (Å²) in [7, 11) is 0. The van der Waals surface area contributed by atoms with Crippen LogP contribution in [-0.2, 0) is 0 Å². The van der Waals surface area contributed by atoms with Gasteiger partial charge in [0.05, 0.1) is 11.0 Å². The van der Waals surface area contributed by atoms with Crippen molar-refractivity contribution in [3.05, 3.63) is 143 Å². The molecule has 2 heteroatoms. The SMILES string of the molecule is Cc1ccc2c(ccc3cc(C)ccc32)c1.Cc1ccc2nc(C)ccc2c1.Cc1ccc2nc(C)ccc2c1. The average Bonchev–Trinajstić information content (AvgIpc) is 2.93. The zero-order valence-electron chi connectivity index (χ0n) is 24.3. The maximum Gasteiger partial charge on any atom is 0.0705 e. The number of rotatable bonds is 0. The minimum Gasteiger partial charge on any atom is -0.253 e. The zero-order valence-corrected chi connectivity index (χ0v) is 24.3. The molecule has 2 heterocycles. The second-order valence-electron chi connectivity index (χ2n) is 10.8. The van der Waals surface area contributed by atoms with Gasteiger partial charge in [0.1, 0.15) is 0 Å².